The van der Waals surface area contributed by atoms with E-state index in [1.54, 1.807) is 18.0 Å². The summed E-state index contributed by atoms with van der Waals surface area (Å²) in [7, 11) is 1.71. The molecule has 0 aromatic carbocycles. The van der Waals surface area contributed by atoms with Gasteiger partial charge >= 0.3 is 0 Å². The average Bonchev–Trinajstić information content (AvgIpc) is 2.62. The van der Waals surface area contributed by atoms with Crippen LogP contribution in [-0.2, 0) is 0 Å². The van der Waals surface area contributed by atoms with Gasteiger partial charge in [0.05, 0.1) is 11.3 Å². The van der Waals surface area contributed by atoms with E-state index in [4.69, 9.17) is 22.4 Å². The fraction of sp³-hybridized carbons (Fsp3) is 0.455. The molecule has 0 aliphatic heterocycles. The van der Waals surface area contributed by atoms with Crippen molar-refractivity contribution in [3.63, 3.8) is 0 Å². The molecule has 1 amide bonds. The zero-order chi connectivity index (χ0) is 12.3. The normalized spacial score (nSPS) is 12.2. The van der Waals surface area contributed by atoms with E-state index in [1.165, 1.54) is 6.26 Å². The van der Waals surface area contributed by atoms with Crippen molar-refractivity contribution in [3.8, 4) is 0 Å². The second kappa shape index (κ2) is 5.12. The van der Waals surface area contributed by atoms with Gasteiger partial charge in [-0.1, -0.05) is 19.1 Å². The van der Waals surface area contributed by atoms with E-state index in [0.717, 1.165) is 5.56 Å². The molecule has 2 N–H and O–H groups in total. The van der Waals surface area contributed by atoms with Crippen molar-refractivity contribution in [2.24, 2.45) is 11.7 Å². The number of carbonyl (C=O) groups excluding carboxylic acids is 1. The fourth-order valence-corrected chi connectivity index (χ4v) is 1.42. The Bertz CT molecular complexity index is 400. The molecular weight excluding hydrogens is 224 g/mol. The first-order valence-corrected chi connectivity index (χ1v) is 5.43. The lowest BCUT2D eigenvalue weighted by Gasteiger charge is -2.20. The molecule has 4 nitrogen and oxygen atoms in total. The number of carbonyl (C=O) groups is 1. The molecule has 16 heavy (non-hydrogen) atoms. The predicted molar refractivity (Wildman–Crippen MR) is 66.4 cm³/mol. The topological polar surface area (TPSA) is 59.5 Å². The van der Waals surface area contributed by atoms with Crippen molar-refractivity contribution >= 4 is 23.1 Å². The fourth-order valence-electron chi connectivity index (χ4n) is 1.35. The van der Waals surface area contributed by atoms with Gasteiger partial charge in [-0.3, -0.25) is 4.79 Å². The lowest BCUT2D eigenvalue weighted by atomic mass is 10.1. The minimum atomic E-state index is -0.148. The van der Waals surface area contributed by atoms with E-state index in [9.17, 15) is 4.79 Å². The van der Waals surface area contributed by atoms with Crippen LogP contribution in [0.4, 0.5) is 0 Å². The van der Waals surface area contributed by atoms with Crippen LogP contribution >= 0.6 is 12.2 Å². The third-order valence-electron chi connectivity index (χ3n) is 2.44. The van der Waals surface area contributed by atoms with E-state index in [-0.39, 0.29) is 11.8 Å². The van der Waals surface area contributed by atoms with Crippen molar-refractivity contribution < 1.29 is 9.21 Å². The molecule has 0 fully saturated rings. The number of furan rings is 1. The minimum Gasteiger partial charge on any atom is -0.459 e. The minimum absolute atomic E-state index is 0.000724. The number of nitrogens with zero attached hydrogens (tertiary/aromatic N) is 1. The maximum absolute atomic E-state index is 11.9. The van der Waals surface area contributed by atoms with Crippen LogP contribution in [0.3, 0.4) is 0 Å². The van der Waals surface area contributed by atoms with Crippen LogP contribution in [0.15, 0.2) is 16.7 Å². The van der Waals surface area contributed by atoms with Gasteiger partial charge in [-0.2, -0.15) is 0 Å². The van der Waals surface area contributed by atoms with Gasteiger partial charge in [-0.05, 0) is 13.0 Å². The van der Waals surface area contributed by atoms with Gasteiger partial charge < -0.3 is 15.1 Å². The molecule has 1 heterocycles. The van der Waals surface area contributed by atoms with Gasteiger partial charge in [0.15, 0.2) is 5.76 Å². The standard InChI is InChI=1S/C11H16N2O2S/c1-7-4-5-15-9(7)11(14)13(3)6-8(2)10(12)16/h4-5,8H,6H2,1-3H3,(H2,12,16). The first-order valence-electron chi connectivity index (χ1n) is 5.02. The molecule has 0 bridgehead atoms. The van der Waals surface area contributed by atoms with Gasteiger partial charge in [0.1, 0.15) is 0 Å². The van der Waals surface area contributed by atoms with Crippen molar-refractivity contribution in [3.05, 3.63) is 23.7 Å². The smallest absolute Gasteiger partial charge is 0.289 e. The van der Waals surface area contributed by atoms with E-state index < -0.39 is 0 Å². The third-order valence-corrected chi connectivity index (χ3v) is 2.84. The predicted octanol–water partition coefficient (Wildman–Crippen LogP) is 1.58. The van der Waals surface area contributed by atoms with E-state index in [1.807, 2.05) is 13.8 Å². The quantitative estimate of drug-likeness (QED) is 0.812. The van der Waals surface area contributed by atoms with Crippen LogP contribution in [0.5, 0.6) is 0 Å². The van der Waals surface area contributed by atoms with Crippen LogP contribution < -0.4 is 5.73 Å². The maximum atomic E-state index is 11.9. The Balaban J connectivity index is 2.69. The van der Waals surface area contributed by atoms with Crippen molar-refractivity contribution in [1.29, 1.82) is 0 Å². The highest BCUT2D eigenvalue weighted by Gasteiger charge is 2.19. The molecule has 0 radical (unpaired) electrons. The Morgan fingerprint density at radius 1 is 1.69 bits per heavy atom. The molecule has 88 valence electrons. The summed E-state index contributed by atoms with van der Waals surface area (Å²) in [6.45, 7) is 4.22. The first-order chi connectivity index (χ1) is 7.43. The van der Waals surface area contributed by atoms with Gasteiger partial charge in [-0.15, -0.1) is 0 Å². The number of aryl methyl sites for hydroxylation is 1. The molecule has 0 saturated heterocycles. The van der Waals surface area contributed by atoms with Crippen molar-refractivity contribution in [2.75, 3.05) is 13.6 Å². The van der Waals surface area contributed by atoms with Crippen molar-refractivity contribution in [2.45, 2.75) is 13.8 Å². The molecule has 0 spiro atoms. The summed E-state index contributed by atoms with van der Waals surface area (Å²) in [4.78, 5) is 13.9. The maximum Gasteiger partial charge on any atom is 0.289 e. The molecular formula is C11H16N2O2S. The summed E-state index contributed by atoms with van der Waals surface area (Å²) in [5.74, 6) is 0.224. The van der Waals surface area contributed by atoms with E-state index in [0.29, 0.717) is 17.3 Å². The van der Waals surface area contributed by atoms with Crippen molar-refractivity contribution in [1.82, 2.24) is 4.90 Å². The number of thiocarbonyl (C=S) groups is 1. The van der Waals surface area contributed by atoms with Crippen LogP contribution in [-0.4, -0.2) is 29.4 Å². The van der Waals surface area contributed by atoms with Gasteiger partial charge in [0.2, 0.25) is 0 Å². The van der Waals surface area contributed by atoms with Gasteiger partial charge in [0, 0.05) is 25.1 Å². The molecule has 5 heteroatoms. The second-order valence-corrected chi connectivity index (χ2v) is 4.39. The van der Waals surface area contributed by atoms with E-state index in [2.05, 4.69) is 0 Å². The summed E-state index contributed by atoms with van der Waals surface area (Å²) in [5, 5.41) is 0. The first kappa shape index (κ1) is 12.7. The summed E-state index contributed by atoms with van der Waals surface area (Å²) in [6, 6.07) is 1.76. The zero-order valence-electron chi connectivity index (χ0n) is 9.69. The Hall–Kier alpha value is -1.36. The molecule has 1 aromatic rings. The third kappa shape index (κ3) is 2.82. The molecule has 1 unspecified atom stereocenters. The summed E-state index contributed by atoms with van der Waals surface area (Å²) in [6.07, 6.45) is 1.51. The monoisotopic (exact) mass is 240 g/mol. The largest absolute Gasteiger partial charge is 0.459 e. The molecule has 1 rings (SSSR count). The molecule has 0 aliphatic rings. The Morgan fingerprint density at radius 3 is 2.75 bits per heavy atom. The summed E-state index contributed by atoms with van der Waals surface area (Å²) in [5.41, 5.74) is 6.34. The SMILES string of the molecule is Cc1ccoc1C(=O)N(C)CC(C)C(N)=S. The highest BCUT2D eigenvalue weighted by molar-refractivity contribution is 7.80. The summed E-state index contributed by atoms with van der Waals surface area (Å²) >= 11 is 4.87. The molecule has 1 aromatic heterocycles. The van der Waals surface area contributed by atoms with Crippen LogP contribution in [0.1, 0.15) is 23.0 Å². The van der Waals surface area contributed by atoms with Crippen LogP contribution in [0.25, 0.3) is 0 Å². The highest BCUT2D eigenvalue weighted by Crippen LogP contribution is 2.12. The van der Waals surface area contributed by atoms with Gasteiger partial charge in [0.25, 0.3) is 5.91 Å². The Kier molecular flexibility index (Phi) is 4.06. The number of hydrogen-bond donors (Lipinski definition) is 1. The zero-order valence-corrected chi connectivity index (χ0v) is 10.5. The molecule has 1 atom stereocenters. The number of nitrogens with two attached hydrogens (primary N) is 1. The van der Waals surface area contributed by atoms with Crippen LogP contribution in [0, 0.1) is 12.8 Å². The average molecular weight is 240 g/mol. The van der Waals surface area contributed by atoms with Gasteiger partial charge in [-0.25, -0.2) is 0 Å². The van der Waals surface area contributed by atoms with Crippen LogP contribution in [0.2, 0.25) is 0 Å². The summed E-state index contributed by atoms with van der Waals surface area (Å²) < 4.78 is 5.13. The highest BCUT2D eigenvalue weighted by atomic mass is 32.1. The Morgan fingerprint density at radius 2 is 2.31 bits per heavy atom. The lowest BCUT2D eigenvalue weighted by Crippen LogP contribution is -2.35. The Labute approximate surface area is 100 Å². The number of rotatable bonds is 4. The second-order valence-electron chi connectivity index (χ2n) is 3.92. The molecule has 0 aliphatic carbocycles. The number of amides is 1. The van der Waals surface area contributed by atoms with E-state index >= 15 is 0 Å². The number of hydrogen-bond acceptors (Lipinski definition) is 3. The molecule has 0 saturated carbocycles. The lowest BCUT2D eigenvalue weighted by molar-refractivity contribution is 0.0754.